The molecule has 1 aliphatic rings. The van der Waals surface area contributed by atoms with Crippen LogP contribution in [0.1, 0.15) is 24.9 Å². The molecule has 0 saturated carbocycles. The molecule has 0 saturated heterocycles. The quantitative estimate of drug-likeness (QED) is 0.884. The van der Waals surface area contributed by atoms with Crippen molar-refractivity contribution in [1.29, 1.82) is 0 Å². The third-order valence-corrected chi connectivity index (χ3v) is 2.81. The fourth-order valence-corrected chi connectivity index (χ4v) is 2.01. The summed E-state index contributed by atoms with van der Waals surface area (Å²) in [7, 11) is 0. The van der Waals surface area contributed by atoms with Gasteiger partial charge in [0.25, 0.3) is 0 Å². The molecule has 0 spiro atoms. The summed E-state index contributed by atoms with van der Waals surface area (Å²) in [4.78, 5) is 11.4. The number of alkyl carbamates (subject to hydrolysis) is 1. The third-order valence-electron chi connectivity index (χ3n) is 2.58. The summed E-state index contributed by atoms with van der Waals surface area (Å²) in [5.74, 6) is 0.766. The van der Waals surface area contributed by atoms with Gasteiger partial charge in [-0.3, -0.25) is 0 Å². The van der Waals surface area contributed by atoms with Gasteiger partial charge in [0, 0.05) is 17.0 Å². The van der Waals surface area contributed by atoms with Gasteiger partial charge in [0.05, 0.1) is 19.3 Å². The first-order chi connectivity index (χ1) is 8.20. The van der Waals surface area contributed by atoms with Gasteiger partial charge in [0.2, 0.25) is 0 Å². The minimum Gasteiger partial charge on any atom is -0.493 e. The molecule has 2 rings (SSSR count). The van der Waals surface area contributed by atoms with E-state index in [9.17, 15) is 4.79 Å². The van der Waals surface area contributed by atoms with Crippen LogP contribution in [0, 0.1) is 0 Å². The highest BCUT2D eigenvalue weighted by Crippen LogP contribution is 2.33. The number of halogens is 1. The molecule has 1 atom stereocenters. The standard InChI is InChI=1S/C12H14ClNO3/c1-2-16-12(15)14-10-5-6-17-11-4-3-8(13)7-9(10)11/h3-4,7,10H,2,5-6H2,1H3,(H,14,15). The summed E-state index contributed by atoms with van der Waals surface area (Å²) >= 11 is 5.94. The number of ether oxygens (including phenoxy) is 2. The average Bonchev–Trinajstić information content (AvgIpc) is 2.30. The summed E-state index contributed by atoms with van der Waals surface area (Å²) in [6.45, 7) is 2.71. The summed E-state index contributed by atoms with van der Waals surface area (Å²) < 4.78 is 10.4. The number of carbonyl (C=O) groups excluding carboxylic acids is 1. The second-order valence-electron chi connectivity index (χ2n) is 3.74. The Bertz CT molecular complexity index is 422. The first-order valence-electron chi connectivity index (χ1n) is 5.56. The Kier molecular flexibility index (Phi) is 3.74. The van der Waals surface area contributed by atoms with Crippen molar-refractivity contribution in [3.63, 3.8) is 0 Å². The number of amides is 1. The molecule has 0 aromatic heterocycles. The number of carbonyl (C=O) groups is 1. The lowest BCUT2D eigenvalue weighted by Crippen LogP contribution is -2.32. The van der Waals surface area contributed by atoms with E-state index in [0.29, 0.717) is 24.7 Å². The van der Waals surface area contributed by atoms with Crippen molar-refractivity contribution < 1.29 is 14.3 Å². The molecule has 5 heteroatoms. The number of nitrogens with one attached hydrogen (secondary N) is 1. The highest BCUT2D eigenvalue weighted by molar-refractivity contribution is 6.30. The van der Waals surface area contributed by atoms with Crippen molar-refractivity contribution in [3.05, 3.63) is 28.8 Å². The maximum absolute atomic E-state index is 11.4. The fraction of sp³-hybridized carbons (Fsp3) is 0.417. The van der Waals surface area contributed by atoms with Gasteiger partial charge in [0.1, 0.15) is 5.75 Å². The summed E-state index contributed by atoms with van der Waals surface area (Å²) in [6.07, 6.45) is 0.303. The minimum absolute atomic E-state index is 0.100. The monoisotopic (exact) mass is 255 g/mol. The minimum atomic E-state index is -0.412. The van der Waals surface area contributed by atoms with Gasteiger partial charge >= 0.3 is 6.09 Å². The lowest BCUT2D eigenvalue weighted by atomic mass is 10.0. The lowest BCUT2D eigenvalue weighted by molar-refractivity contribution is 0.143. The molecule has 1 aliphatic heterocycles. The van der Waals surface area contributed by atoms with Crippen LogP contribution in [0.3, 0.4) is 0 Å². The van der Waals surface area contributed by atoms with Crippen LogP contribution in [-0.2, 0) is 4.74 Å². The van der Waals surface area contributed by atoms with Gasteiger partial charge in [-0.1, -0.05) is 11.6 Å². The Morgan fingerprint density at radius 1 is 1.65 bits per heavy atom. The molecule has 1 N–H and O–H groups in total. The Hall–Kier alpha value is -1.42. The summed E-state index contributed by atoms with van der Waals surface area (Å²) in [5, 5.41) is 3.43. The zero-order chi connectivity index (χ0) is 12.3. The predicted octanol–water partition coefficient (Wildman–Crippen LogP) is 2.91. The van der Waals surface area contributed by atoms with Crippen LogP contribution in [0.4, 0.5) is 4.79 Å². The van der Waals surface area contributed by atoms with Crippen LogP contribution in [0.15, 0.2) is 18.2 Å². The normalized spacial score (nSPS) is 17.9. The zero-order valence-corrected chi connectivity index (χ0v) is 10.3. The van der Waals surface area contributed by atoms with Crippen molar-refractivity contribution in [2.75, 3.05) is 13.2 Å². The second-order valence-corrected chi connectivity index (χ2v) is 4.17. The molecule has 1 aromatic carbocycles. The van der Waals surface area contributed by atoms with Gasteiger partial charge in [-0.15, -0.1) is 0 Å². The van der Waals surface area contributed by atoms with E-state index >= 15 is 0 Å². The van der Waals surface area contributed by atoms with E-state index in [0.717, 1.165) is 11.3 Å². The van der Waals surface area contributed by atoms with Gasteiger partial charge in [-0.05, 0) is 25.1 Å². The van der Waals surface area contributed by atoms with Crippen molar-refractivity contribution in [3.8, 4) is 5.75 Å². The lowest BCUT2D eigenvalue weighted by Gasteiger charge is -2.26. The molecule has 1 unspecified atom stereocenters. The van der Waals surface area contributed by atoms with Crippen molar-refractivity contribution in [1.82, 2.24) is 5.32 Å². The Morgan fingerprint density at radius 2 is 2.47 bits per heavy atom. The van der Waals surface area contributed by atoms with E-state index in [1.54, 1.807) is 13.0 Å². The number of hydrogen-bond acceptors (Lipinski definition) is 3. The first-order valence-corrected chi connectivity index (χ1v) is 5.94. The van der Waals surface area contributed by atoms with Crippen molar-refractivity contribution in [2.45, 2.75) is 19.4 Å². The van der Waals surface area contributed by atoms with Gasteiger partial charge in [0.15, 0.2) is 0 Å². The van der Waals surface area contributed by atoms with E-state index in [1.807, 2.05) is 12.1 Å². The SMILES string of the molecule is CCOC(=O)NC1CCOc2ccc(Cl)cc21. The molecule has 92 valence electrons. The molecule has 17 heavy (non-hydrogen) atoms. The van der Waals surface area contributed by atoms with Crippen LogP contribution < -0.4 is 10.1 Å². The molecular formula is C12H14ClNO3. The largest absolute Gasteiger partial charge is 0.493 e. The number of hydrogen-bond donors (Lipinski definition) is 1. The number of benzene rings is 1. The van der Waals surface area contributed by atoms with Crippen LogP contribution in [0.25, 0.3) is 0 Å². The first kappa shape index (κ1) is 12.0. The van der Waals surface area contributed by atoms with Crippen molar-refractivity contribution >= 4 is 17.7 Å². The highest BCUT2D eigenvalue weighted by Gasteiger charge is 2.23. The Labute approximate surface area is 105 Å². The van der Waals surface area contributed by atoms with E-state index in [2.05, 4.69) is 5.32 Å². The summed E-state index contributed by atoms with van der Waals surface area (Å²) in [6, 6.07) is 5.30. The van der Waals surface area contributed by atoms with Crippen molar-refractivity contribution in [2.24, 2.45) is 0 Å². The molecule has 0 radical (unpaired) electrons. The fourth-order valence-electron chi connectivity index (χ4n) is 1.83. The average molecular weight is 256 g/mol. The molecular weight excluding hydrogens is 242 g/mol. The number of rotatable bonds is 2. The summed E-state index contributed by atoms with van der Waals surface area (Å²) in [5.41, 5.74) is 0.900. The molecule has 1 aromatic rings. The molecule has 0 aliphatic carbocycles. The maximum atomic E-state index is 11.4. The smallest absolute Gasteiger partial charge is 0.407 e. The Morgan fingerprint density at radius 3 is 3.24 bits per heavy atom. The van der Waals surface area contributed by atoms with Gasteiger partial charge in [-0.25, -0.2) is 4.79 Å². The van der Waals surface area contributed by atoms with Crippen LogP contribution in [0.2, 0.25) is 5.02 Å². The van der Waals surface area contributed by atoms with Crippen LogP contribution >= 0.6 is 11.6 Å². The zero-order valence-electron chi connectivity index (χ0n) is 9.53. The topological polar surface area (TPSA) is 47.6 Å². The predicted molar refractivity (Wildman–Crippen MR) is 64.5 cm³/mol. The van der Waals surface area contributed by atoms with E-state index < -0.39 is 6.09 Å². The number of fused-ring (bicyclic) bond motifs is 1. The van der Waals surface area contributed by atoms with E-state index in [4.69, 9.17) is 21.1 Å². The van der Waals surface area contributed by atoms with E-state index in [1.165, 1.54) is 0 Å². The molecule has 0 bridgehead atoms. The third kappa shape index (κ3) is 2.82. The van der Waals surface area contributed by atoms with Gasteiger partial charge in [-0.2, -0.15) is 0 Å². The molecule has 1 amide bonds. The van der Waals surface area contributed by atoms with Gasteiger partial charge < -0.3 is 14.8 Å². The van der Waals surface area contributed by atoms with Crippen LogP contribution in [0.5, 0.6) is 5.75 Å². The Balaban J connectivity index is 2.16. The molecule has 1 heterocycles. The molecule has 4 nitrogen and oxygen atoms in total. The van der Waals surface area contributed by atoms with Crippen LogP contribution in [-0.4, -0.2) is 19.3 Å². The second kappa shape index (κ2) is 5.27. The maximum Gasteiger partial charge on any atom is 0.407 e. The highest BCUT2D eigenvalue weighted by atomic mass is 35.5. The molecule has 0 fully saturated rings. The van der Waals surface area contributed by atoms with E-state index in [-0.39, 0.29) is 6.04 Å².